The predicted molar refractivity (Wildman–Crippen MR) is 64.9 cm³/mol. The van der Waals surface area contributed by atoms with Gasteiger partial charge in [-0.3, -0.25) is 0 Å². The summed E-state index contributed by atoms with van der Waals surface area (Å²) in [5, 5.41) is 10.4. The third-order valence-corrected chi connectivity index (χ3v) is 3.14. The number of aliphatic hydroxyl groups excluding tert-OH is 1. The topological polar surface area (TPSA) is 57.2 Å². The molecule has 0 spiro atoms. The minimum atomic E-state index is -0.809. The molecule has 2 fully saturated rings. The van der Waals surface area contributed by atoms with E-state index < -0.39 is 29.9 Å². The third kappa shape index (κ3) is 2.75. The second-order valence-corrected chi connectivity index (χ2v) is 5.66. The van der Waals surface area contributed by atoms with Crippen LogP contribution in [0.2, 0.25) is 0 Å². The normalized spacial score (nSPS) is 39.7. The Labute approximate surface area is 108 Å². The molecule has 2 aliphatic heterocycles. The molecule has 0 bridgehead atoms. The molecule has 0 radical (unpaired) electrons. The van der Waals surface area contributed by atoms with Gasteiger partial charge in [0.15, 0.2) is 11.6 Å². The summed E-state index contributed by atoms with van der Waals surface area (Å²) in [6, 6.07) is 0. The highest BCUT2D eigenvalue weighted by molar-refractivity contribution is 4.99. The Morgan fingerprint density at radius 2 is 1.83 bits per heavy atom. The zero-order chi connectivity index (χ0) is 13.6. The van der Waals surface area contributed by atoms with Gasteiger partial charge in [-0.05, 0) is 27.7 Å². The van der Waals surface area contributed by atoms with Gasteiger partial charge in [-0.2, -0.15) is 0 Å². The van der Waals surface area contributed by atoms with E-state index in [1.165, 1.54) is 0 Å². The molecule has 4 atom stereocenters. The lowest BCUT2D eigenvalue weighted by atomic mass is 10.0. The second-order valence-electron chi connectivity index (χ2n) is 5.66. The number of hydrogen-bond acceptors (Lipinski definition) is 5. The maximum Gasteiger partial charge on any atom is 0.164 e. The molecule has 2 aliphatic rings. The molecule has 1 N–H and O–H groups in total. The zero-order valence-electron chi connectivity index (χ0n) is 11.4. The first-order valence-corrected chi connectivity index (χ1v) is 6.22. The quantitative estimate of drug-likeness (QED) is 0.771. The van der Waals surface area contributed by atoms with Crippen LogP contribution in [0.25, 0.3) is 0 Å². The molecule has 18 heavy (non-hydrogen) atoms. The molecule has 2 saturated heterocycles. The molecule has 0 aromatic heterocycles. The number of ether oxygens (including phenoxy) is 4. The Hall–Kier alpha value is -0.460. The van der Waals surface area contributed by atoms with Crippen molar-refractivity contribution in [3.8, 4) is 0 Å². The van der Waals surface area contributed by atoms with Gasteiger partial charge in [-0.15, -0.1) is 6.58 Å². The second kappa shape index (κ2) is 4.58. The summed E-state index contributed by atoms with van der Waals surface area (Å²) in [6.45, 7) is 11.3. The first-order chi connectivity index (χ1) is 8.24. The molecule has 104 valence electrons. The van der Waals surface area contributed by atoms with Crippen molar-refractivity contribution < 1.29 is 24.1 Å². The van der Waals surface area contributed by atoms with Gasteiger partial charge in [0.1, 0.15) is 24.4 Å². The fourth-order valence-electron chi connectivity index (χ4n) is 2.36. The van der Waals surface area contributed by atoms with E-state index in [9.17, 15) is 5.11 Å². The van der Waals surface area contributed by atoms with Crippen molar-refractivity contribution in [2.24, 2.45) is 0 Å². The number of hydrogen-bond donors (Lipinski definition) is 1. The molecule has 0 aromatic carbocycles. The standard InChI is InChI=1S/C13H22O5/c1-6-8-11(18-13(4,5)16-8)10(14)9-7-15-12(2,3)17-9/h6,8-11,14H,1,7H2,2-5H3/t8-,9?,10-,11-/m1/s1. The van der Waals surface area contributed by atoms with Crippen molar-refractivity contribution in [2.75, 3.05) is 6.61 Å². The van der Waals surface area contributed by atoms with Gasteiger partial charge in [0.2, 0.25) is 0 Å². The summed E-state index contributed by atoms with van der Waals surface area (Å²) in [5.74, 6) is -1.39. The largest absolute Gasteiger partial charge is 0.387 e. The highest BCUT2D eigenvalue weighted by Gasteiger charge is 2.48. The predicted octanol–water partition coefficient (Wildman–Crippen LogP) is 1.20. The fourth-order valence-corrected chi connectivity index (χ4v) is 2.36. The third-order valence-electron chi connectivity index (χ3n) is 3.14. The van der Waals surface area contributed by atoms with Crippen LogP contribution in [0, 0.1) is 0 Å². The van der Waals surface area contributed by atoms with Crippen LogP contribution in [0.3, 0.4) is 0 Å². The van der Waals surface area contributed by atoms with Crippen LogP contribution in [0.5, 0.6) is 0 Å². The van der Waals surface area contributed by atoms with Gasteiger partial charge in [-0.1, -0.05) is 6.08 Å². The van der Waals surface area contributed by atoms with Crippen LogP contribution in [-0.2, 0) is 18.9 Å². The lowest BCUT2D eigenvalue weighted by Crippen LogP contribution is -2.44. The van der Waals surface area contributed by atoms with Crippen LogP contribution in [0.4, 0.5) is 0 Å². The fraction of sp³-hybridized carbons (Fsp3) is 0.846. The molecule has 5 heteroatoms. The van der Waals surface area contributed by atoms with E-state index in [1.807, 2.05) is 27.7 Å². The lowest BCUT2D eigenvalue weighted by molar-refractivity contribution is -0.178. The smallest absolute Gasteiger partial charge is 0.164 e. The average Bonchev–Trinajstić information content (AvgIpc) is 2.77. The van der Waals surface area contributed by atoms with Gasteiger partial charge in [-0.25, -0.2) is 0 Å². The van der Waals surface area contributed by atoms with Crippen LogP contribution in [0.1, 0.15) is 27.7 Å². The van der Waals surface area contributed by atoms with E-state index in [1.54, 1.807) is 6.08 Å². The van der Waals surface area contributed by atoms with Gasteiger partial charge in [0, 0.05) is 0 Å². The highest BCUT2D eigenvalue weighted by Crippen LogP contribution is 2.34. The Balaban J connectivity index is 2.05. The maximum atomic E-state index is 10.4. The van der Waals surface area contributed by atoms with E-state index in [0.717, 1.165) is 0 Å². The van der Waals surface area contributed by atoms with E-state index in [4.69, 9.17) is 18.9 Å². The molecule has 2 rings (SSSR count). The summed E-state index contributed by atoms with van der Waals surface area (Å²) in [6.07, 6.45) is -0.410. The van der Waals surface area contributed by atoms with Crippen molar-refractivity contribution in [3.63, 3.8) is 0 Å². The average molecular weight is 258 g/mol. The van der Waals surface area contributed by atoms with Gasteiger partial charge in [0.25, 0.3) is 0 Å². The van der Waals surface area contributed by atoms with Crippen molar-refractivity contribution in [1.29, 1.82) is 0 Å². The summed E-state index contributed by atoms with van der Waals surface area (Å²) >= 11 is 0. The molecule has 0 aromatic rings. The Kier molecular flexibility index (Phi) is 3.55. The molecule has 1 unspecified atom stereocenters. The number of aliphatic hydroxyl groups is 1. The summed E-state index contributed by atoms with van der Waals surface area (Å²) < 4.78 is 22.5. The van der Waals surface area contributed by atoms with E-state index in [2.05, 4.69) is 6.58 Å². The summed E-state index contributed by atoms with van der Waals surface area (Å²) in [5.41, 5.74) is 0. The zero-order valence-corrected chi connectivity index (χ0v) is 11.4. The summed E-state index contributed by atoms with van der Waals surface area (Å²) in [7, 11) is 0. The molecular weight excluding hydrogens is 236 g/mol. The molecule has 2 heterocycles. The van der Waals surface area contributed by atoms with Gasteiger partial charge >= 0.3 is 0 Å². The van der Waals surface area contributed by atoms with Crippen molar-refractivity contribution >= 4 is 0 Å². The number of rotatable bonds is 3. The van der Waals surface area contributed by atoms with Gasteiger partial charge in [0.05, 0.1) is 6.61 Å². The van der Waals surface area contributed by atoms with E-state index >= 15 is 0 Å². The first-order valence-electron chi connectivity index (χ1n) is 6.22. The van der Waals surface area contributed by atoms with Crippen molar-refractivity contribution in [2.45, 2.75) is 63.7 Å². The molecular formula is C13H22O5. The van der Waals surface area contributed by atoms with E-state index in [-0.39, 0.29) is 6.10 Å². The maximum absolute atomic E-state index is 10.4. The van der Waals surface area contributed by atoms with Crippen LogP contribution >= 0.6 is 0 Å². The molecule has 0 aliphatic carbocycles. The lowest BCUT2D eigenvalue weighted by Gasteiger charge is -2.26. The summed E-state index contributed by atoms with van der Waals surface area (Å²) in [4.78, 5) is 0. The minimum Gasteiger partial charge on any atom is -0.387 e. The van der Waals surface area contributed by atoms with Crippen LogP contribution in [-0.4, -0.2) is 47.7 Å². The van der Waals surface area contributed by atoms with Crippen LogP contribution in [0.15, 0.2) is 12.7 Å². The Morgan fingerprint density at radius 1 is 1.17 bits per heavy atom. The Morgan fingerprint density at radius 3 is 2.33 bits per heavy atom. The van der Waals surface area contributed by atoms with Crippen LogP contribution < -0.4 is 0 Å². The Bertz CT molecular complexity index is 325. The SMILES string of the molecule is C=C[C@H]1OC(C)(C)O[C@H]1[C@H](O)C1COC(C)(C)O1. The molecule has 0 saturated carbocycles. The van der Waals surface area contributed by atoms with E-state index in [0.29, 0.717) is 6.61 Å². The monoisotopic (exact) mass is 258 g/mol. The minimum absolute atomic E-state index is 0.345. The van der Waals surface area contributed by atoms with Crippen molar-refractivity contribution in [3.05, 3.63) is 12.7 Å². The highest BCUT2D eigenvalue weighted by atomic mass is 16.8. The van der Waals surface area contributed by atoms with Crippen molar-refractivity contribution in [1.82, 2.24) is 0 Å². The first kappa shape index (κ1) is 14.0. The van der Waals surface area contributed by atoms with Gasteiger partial charge < -0.3 is 24.1 Å². The molecule has 0 amide bonds. The molecule has 5 nitrogen and oxygen atoms in total.